The lowest BCUT2D eigenvalue weighted by Gasteiger charge is -2.06. The van der Waals surface area contributed by atoms with Gasteiger partial charge in [0.15, 0.2) is 11.6 Å². The van der Waals surface area contributed by atoms with Crippen molar-refractivity contribution in [3.05, 3.63) is 46.8 Å². The lowest BCUT2D eigenvalue weighted by Crippen LogP contribution is -2.15. The summed E-state index contributed by atoms with van der Waals surface area (Å²) in [5.74, 6) is -2.90. The molecule has 0 saturated heterocycles. The lowest BCUT2D eigenvalue weighted by molar-refractivity contribution is 0.102. The van der Waals surface area contributed by atoms with E-state index in [1.54, 1.807) is 25.6 Å². The smallest absolute Gasteiger partial charge is 0.258 e. The van der Waals surface area contributed by atoms with Gasteiger partial charge in [-0.3, -0.25) is 9.48 Å². The summed E-state index contributed by atoms with van der Waals surface area (Å²) in [5, 5.41) is 6.69. The largest absolute Gasteiger partial charge is 0.319 e. The normalized spacial score (nSPS) is 10.6. The maximum Gasteiger partial charge on any atom is 0.258 e. The molecular formula is C13H13F2N3O. The summed E-state index contributed by atoms with van der Waals surface area (Å²) in [6, 6.07) is 3.48. The third kappa shape index (κ3) is 2.33. The van der Waals surface area contributed by atoms with Crippen LogP contribution in [-0.2, 0) is 7.05 Å². The highest BCUT2D eigenvalue weighted by atomic mass is 19.2. The molecule has 2 rings (SSSR count). The van der Waals surface area contributed by atoms with Gasteiger partial charge in [-0.1, -0.05) is 6.07 Å². The number of carbonyl (C=O) groups excluding carboxylic acids is 1. The Morgan fingerprint density at radius 2 is 2.00 bits per heavy atom. The molecule has 0 aliphatic heterocycles. The minimum Gasteiger partial charge on any atom is -0.319 e. The summed E-state index contributed by atoms with van der Waals surface area (Å²) < 4.78 is 28.2. The predicted molar refractivity (Wildman–Crippen MR) is 67.0 cm³/mol. The van der Waals surface area contributed by atoms with E-state index < -0.39 is 17.5 Å². The number of aryl methyl sites for hydroxylation is 2. The topological polar surface area (TPSA) is 46.9 Å². The van der Waals surface area contributed by atoms with Gasteiger partial charge in [0.2, 0.25) is 0 Å². The van der Waals surface area contributed by atoms with Crippen LogP contribution in [0.4, 0.5) is 14.5 Å². The number of hydrogen-bond acceptors (Lipinski definition) is 2. The Balaban J connectivity index is 2.34. The zero-order chi connectivity index (χ0) is 14.2. The van der Waals surface area contributed by atoms with Gasteiger partial charge in [0, 0.05) is 7.05 Å². The molecule has 1 aromatic heterocycles. The zero-order valence-electron chi connectivity index (χ0n) is 10.8. The summed E-state index contributed by atoms with van der Waals surface area (Å²) in [5.41, 5.74) is 1.53. The van der Waals surface area contributed by atoms with Gasteiger partial charge in [-0.2, -0.15) is 5.10 Å². The highest BCUT2D eigenvalue weighted by Crippen LogP contribution is 2.20. The lowest BCUT2D eigenvalue weighted by atomic mass is 10.2. The first kappa shape index (κ1) is 13.2. The van der Waals surface area contributed by atoms with Crippen LogP contribution in [0.15, 0.2) is 18.2 Å². The second-order valence-corrected chi connectivity index (χ2v) is 4.22. The molecule has 6 heteroatoms. The van der Waals surface area contributed by atoms with Gasteiger partial charge in [-0.25, -0.2) is 8.78 Å². The molecule has 1 amide bonds. The molecule has 100 valence electrons. The van der Waals surface area contributed by atoms with Gasteiger partial charge in [0.05, 0.1) is 22.6 Å². The third-order valence-corrected chi connectivity index (χ3v) is 2.94. The van der Waals surface area contributed by atoms with Crippen molar-refractivity contribution in [2.24, 2.45) is 7.05 Å². The molecule has 0 saturated carbocycles. The Hall–Kier alpha value is -2.24. The Bertz CT molecular complexity index is 650. The molecule has 19 heavy (non-hydrogen) atoms. The van der Waals surface area contributed by atoms with Crippen molar-refractivity contribution in [1.82, 2.24) is 9.78 Å². The fraction of sp³-hybridized carbons (Fsp3) is 0.231. The van der Waals surface area contributed by atoms with Gasteiger partial charge >= 0.3 is 0 Å². The minimum atomic E-state index is -1.15. The number of anilines is 1. The molecule has 0 fully saturated rings. The number of carbonyl (C=O) groups is 1. The van der Waals surface area contributed by atoms with E-state index in [0.717, 1.165) is 11.8 Å². The Kier molecular flexibility index (Phi) is 3.33. The molecule has 0 radical (unpaired) electrons. The minimum absolute atomic E-state index is 0.331. The van der Waals surface area contributed by atoms with Gasteiger partial charge in [-0.05, 0) is 26.0 Å². The number of nitrogens with one attached hydrogen (secondary N) is 1. The van der Waals surface area contributed by atoms with Gasteiger partial charge in [0.1, 0.15) is 0 Å². The van der Waals surface area contributed by atoms with E-state index in [0.29, 0.717) is 11.4 Å². The molecule has 2 aromatic rings. The summed E-state index contributed by atoms with van der Waals surface area (Å²) in [4.78, 5) is 11.9. The second kappa shape index (κ2) is 4.79. The number of rotatable bonds is 2. The molecule has 1 N–H and O–H groups in total. The molecule has 0 aliphatic carbocycles. The van der Waals surface area contributed by atoms with Crippen molar-refractivity contribution < 1.29 is 13.6 Å². The van der Waals surface area contributed by atoms with Gasteiger partial charge < -0.3 is 5.32 Å². The van der Waals surface area contributed by atoms with E-state index in [-0.39, 0.29) is 5.56 Å². The summed E-state index contributed by atoms with van der Waals surface area (Å²) in [6.07, 6.45) is 0. The van der Waals surface area contributed by atoms with Crippen molar-refractivity contribution >= 4 is 11.6 Å². The van der Waals surface area contributed by atoms with Crippen molar-refractivity contribution in [3.63, 3.8) is 0 Å². The Morgan fingerprint density at radius 3 is 2.58 bits per heavy atom. The van der Waals surface area contributed by atoms with E-state index in [2.05, 4.69) is 10.4 Å². The molecule has 0 spiro atoms. The molecule has 0 atom stereocenters. The van der Waals surface area contributed by atoms with E-state index in [4.69, 9.17) is 0 Å². The van der Waals surface area contributed by atoms with Gasteiger partial charge in [-0.15, -0.1) is 0 Å². The van der Waals surface area contributed by atoms with Crippen LogP contribution in [0.1, 0.15) is 21.7 Å². The van der Waals surface area contributed by atoms with Crippen LogP contribution in [0.3, 0.4) is 0 Å². The maximum atomic E-state index is 13.5. The van der Waals surface area contributed by atoms with E-state index >= 15 is 0 Å². The van der Waals surface area contributed by atoms with E-state index in [1.165, 1.54) is 12.1 Å². The summed E-state index contributed by atoms with van der Waals surface area (Å²) in [7, 11) is 1.74. The molecule has 1 aromatic carbocycles. The number of amides is 1. The van der Waals surface area contributed by atoms with Crippen molar-refractivity contribution in [3.8, 4) is 0 Å². The first-order chi connectivity index (χ1) is 8.91. The number of aromatic nitrogens is 2. The monoisotopic (exact) mass is 265 g/mol. The van der Waals surface area contributed by atoms with Crippen LogP contribution in [0.2, 0.25) is 0 Å². The van der Waals surface area contributed by atoms with Crippen LogP contribution in [-0.4, -0.2) is 15.7 Å². The quantitative estimate of drug-likeness (QED) is 0.907. The molecule has 0 aliphatic rings. The van der Waals surface area contributed by atoms with E-state index in [9.17, 15) is 13.6 Å². The Labute approximate surface area is 109 Å². The first-order valence-corrected chi connectivity index (χ1v) is 5.67. The second-order valence-electron chi connectivity index (χ2n) is 4.22. The van der Waals surface area contributed by atoms with Crippen molar-refractivity contribution in [1.29, 1.82) is 0 Å². The van der Waals surface area contributed by atoms with Crippen molar-refractivity contribution in [2.75, 3.05) is 5.32 Å². The van der Waals surface area contributed by atoms with Crippen LogP contribution in [0.25, 0.3) is 0 Å². The average molecular weight is 265 g/mol. The molecular weight excluding hydrogens is 252 g/mol. The maximum absolute atomic E-state index is 13.5. The SMILES string of the molecule is Cc1nn(C)c(C)c1NC(=O)c1cccc(F)c1F. The number of nitrogens with zero attached hydrogens (tertiary/aromatic N) is 2. The average Bonchev–Trinajstić information content (AvgIpc) is 2.59. The fourth-order valence-electron chi connectivity index (χ4n) is 1.81. The standard InChI is InChI=1S/C13H13F2N3O/c1-7-12(8(2)18(3)17-7)16-13(19)9-5-4-6-10(14)11(9)15/h4-6H,1-3H3,(H,16,19). The van der Waals surface area contributed by atoms with Crippen molar-refractivity contribution in [2.45, 2.75) is 13.8 Å². The summed E-state index contributed by atoms with van der Waals surface area (Å²) in [6.45, 7) is 3.50. The third-order valence-electron chi connectivity index (χ3n) is 2.94. The molecule has 4 nitrogen and oxygen atoms in total. The number of benzene rings is 1. The van der Waals surface area contributed by atoms with Crippen LogP contribution in [0, 0.1) is 25.5 Å². The van der Waals surface area contributed by atoms with Gasteiger partial charge in [0.25, 0.3) is 5.91 Å². The zero-order valence-corrected chi connectivity index (χ0v) is 10.8. The fourth-order valence-corrected chi connectivity index (χ4v) is 1.81. The Morgan fingerprint density at radius 1 is 1.32 bits per heavy atom. The first-order valence-electron chi connectivity index (χ1n) is 5.67. The predicted octanol–water partition coefficient (Wildman–Crippen LogP) is 2.57. The number of hydrogen-bond donors (Lipinski definition) is 1. The highest BCUT2D eigenvalue weighted by molar-refractivity contribution is 6.05. The highest BCUT2D eigenvalue weighted by Gasteiger charge is 2.18. The van der Waals surface area contributed by atoms with Crippen LogP contribution in [0.5, 0.6) is 0 Å². The molecule has 0 unspecified atom stereocenters. The summed E-state index contributed by atoms with van der Waals surface area (Å²) >= 11 is 0. The van der Waals surface area contributed by atoms with E-state index in [1.807, 2.05) is 0 Å². The number of halogens is 2. The van der Waals surface area contributed by atoms with Crippen LogP contribution >= 0.6 is 0 Å². The molecule has 0 bridgehead atoms. The molecule has 1 heterocycles. The van der Waals surface area contributed by atoms with Crippen LogP contribution < -0.4 is 5.32 Å².